The first-order valence-corrected chi connectivity index (χ1v) is 5.70. The van der Waals surface area contributed by atoms with Crippen LogP contribution >= 0.6 is 0 Å². The van der Waals surface area contributed by atoms with Crippen molar-refractivity contribution in [2.45, 2.75) is 51.6 Å². The van der Waals surface area contributed by atoms with Crippen LogP contribution in [0.4, 0.5) is 0 Å². The number of unbranched alkanes of at least 4 members (excludes halogenated alkanes) is 2. The summed E-state index contributed by atoms with van der Waals surface area (Å²) in [4.78, 5) is 13.5. The minimum absolute atomic E-state index is 0.185. The Hall–Kier alpha value is -0.570. The van der Waals surface area contributed by atoms with E-state index < -0.39 is 0 Å². The molecule has 1 amide bonds. The molecule has 0 aromatic carbocycles. The van der Waals surface area contributed by atoms with E-state index in [9.17, 15) is 9.90 Å². The molecule has 0 bridgehead atoms. The van der Waals surface area contributed by atoms with Gasteiger partial charge in [-0.2, -0.15) is 0 Å². The predicted molar refractivity (Wildman–Crippen MR) is 56.0 cm³/mol. The Kier molecular flexibility index (Phi) is 4.94. The molecule has 1 aliphatic rings. The largest absolute Gasteiger partial charge is 0.393 e. The molecular weight excluding hydrogens is 178 g/mol. The molecule has 1 aliphatic heterocycles. The first kappa shape index (κ1) is 11.5. The first-order valence-electron chi connectivity index (χ1n) is 5.70. The van der Waals surface area contributed by atoms with Gasteiger partial charge in [0.1, 0.15) is 0 Å². The van der Waals surface area contributed by atoms with Gasteiger partial charge in [-0.25, -0.2) is 0 Å². The normalized spacial score (nSPS) is 18.6. The van der Waals surface area contributed by atoms with E-state index in [1.807, 2.05) is 4.90 Å². The summed E-state index contributed by atoms with van der Waals surface area (Å²) in [5.74, 6) is 0.269. The Balaban J connectivity index is 2.17. The molecule has 0 atom stereocenters. The van der Waals surface area contributed by atoms with E-state index >= 15 is 0 Å². The second kappa shape index (κ2) is 6.02. The second-order valence-electron chi connectivity index (χ2n) is 4.07. The van der Waals surface area contributed by atoms with Crippen molar-refractivity contribution < 1.29 is 9.90 Å². The van der Waals surface area contributed by atoms with Gasteiger partial charge < -0.3 is 10.0 Å². The molecule has 0 spiro atoms. The number of carbonyl (C=O) groups excluding carboxylic acids is 1. The van der Waals surface area contributed by atoms with Crippen LogP contribution in [0.15, 0.2) is 0 Å². The van der Waals surface area contributed by atoms with Gasteiger partial charge >= 0.3 is 0 Å². The average molecular weight is 199 g/mol. The number of piperidine rings is 1. The summed E-state index contributed by atoms with van der Waals surface area (Å²) < 4.78 is 0. The Morgan fingerprint density at radius 3 is 2.57 bits per heavy atom. The molecule has 1 fully saturated rings. The van der Waals surface area contributed by atoms with Gasteiger partial charge in [0, 0.05) is 19.5 Å². The molecule has 0 saturated carbocycles. The third kappa shape index (κ3) is 3.66. The highest BCUT2D eigenvalue weighted by atomic mass is 16.3. The van der Waals surface area contributed by atoms with Gasteiger partial charge in [0.15, 0.2) is 0 Å². The van der Waals surface area contributed by atoms with Gasteiger partial charge in [0.05, 0.1) is 6.10 Å². The molecule has 0 unspecified atom stereocenters. The number of aliphatic hydroxyl groups is 1. The van der Waals surface area contributed by atoms with Crippen molar-refractivity contribution in [3.05, 3.63) is 0 Å². The Morgan fingerprint density at radius 1 is 1.36 bits per heavy atom. The van der Waals surface area contributed by atoms with Gasteiger partial charge in [0.25, 0.3) is 0 Å². The van der Waals surface area contributed by atoms with Crippen LogP contribution in [0.25, 0.3) is 0 Å². The molecule has 3 heteroatoms. The van der Waals surface area contributed by atoms with E-state index in [2.05, 4.69) is 6.92 Å². The van der Waals surface area contributed by atoms with Crippen molar-refractivity contribution in [2.24, 2.45) is 0 Å². The number of likely N-dealkylation sites (tertiary alicyclic amines) is 1. The average Bonchev–Trinajstić information content (AvgIpc) is 2.19. The summed E-state index contributed by atoms with van der Waals surface area (Å²) >= 11 is 0. The van der Waals surface area contributed by atoms with Crippen LogP contribution in [0.3, 0.4) is 0 Å². The van der Waals surface area contributed by atoms with Crippen LogP contribution in [-0.4, -0.2) is 35.1 Å². The smallest absolute Gasteiger partial charge is 0.222 e. The number of carbonyl (C=O) groups is 1. The maximum Gasteiger partial charge on any atom is 0.222 e. The third-order valence-electron chi connectivity index (χ3n) is 2.81. The highest BCUT2D eigenvalue weighted by Crippen LogP contribution is 2.12. The Morgan fingerprint density at radius 2 is 2.00 bits per heavy atom. The molecule has 3 nitrogen and oxygen atoms in total. The van der Waals surface area contributed by atoms with Crippen molar-refractivity contribution >= 4 is 5.91 Å². The molecule has 0 aliphatic carbocycles. The van der Waals surface area contributed by atoms with E-state index in [0.717, 1.165) is 45.2 Å². The van der Waals surface area contributed by atoms with Crippen molar-refractivity contribution in [1.29, 1.82) is 0 Å². The first-order chi connectivity index (χ1) is 6.74. The minimum atomic E-state index is -0.185. The van der Waals surface area contributed by atoms with Crippen LogP contribution in [0.1, 0.15) is 45.4 Å². The lowest BCUT2D eigenvalue weighted by atomic mass is 10.1. The summed E-state index contributed by atoms with van der Waals surface area (Å²) in [6.07, 6.45) is 5.31. The molecule has 1 heterocycles. The highest BCUT2D eigenvalue weighted by molar-refractivity contribution is 5.76. The lowest BCUT2D eigenvalue weighted by Crippen LogP contribution is -2.39. The molecular formula is C11H21NO2. The van der Waals surface area contributed by atoms with Gasteiger partial charge in [-0.3, -0.25) is 4.79 Å². The summed E-state index contributed by atoms with van der Waals surface area (Å²) in [5, 5.41) is 9.28. The number of nitrogens with zero attached hydrogens (tertiary/aromatic N) is 1. The van der Waals surface area contributed by atoms with Crippen LogP contribution < -0.4 is 0 Å². The quantitative estimate of drug-likeness (QED) is 0.698. The van der Waals surface area contributed by atoms with Crippen LogP contribution in [-0.2, 0) is 4.79 Å². The SMILES string of the molecule is CCCCCC(=O)N1CCC(O)CC1. The zero-order chi connectivity index (χ0) is 10.4. The molecule has 0 radical (unpaired) electrons. The number of rotatable bonds is 4. The van der Waals surface area contributed by atoms with Gasteiger partial charge in [0.2, 0.25) is 5.91 Å². The molecule has 0 aromatic rings. The molecule has 82 valence electrons. The number of hydrogen-bond acceptors (Lipinski definition) is 2. The van der Waals surface area contributed by atoms with Crippen molar-refractivity contribution in [3.63, 3.8) is 0 Å². The molecule has 0 aromatic heterocycles. The monoisotopic (exact) mass is 199 g/mol. The standard InChI is InChI=1S/C11H21NO2/c1-2-3-4-5-11(14)12-8-6-10(13)7-9-12/h10,13H,2-9H2,1H3. The van der Waals surface area contributed by atoms with E-state index in [0.29, 0.717) is 6.42 Å². The maximum atomic E-state index is 11.6. The predicted octanol–water partition coefficient (Wildman–Crippen LogP) is 1.55. The fourth-order valence-corrected chi connectivity index (χ4v) is 1.80. The van der Waals surface area contributed by atoms with E-state index in [4.69, 9.17) is 0 Å². The minimum Gasteiger partial charge on any atom is -0.393 e. The van der Waals surface area contributed by atoms with Crippen molar-refractivity contribution in [3.8, 4) is 0 Å². The van der Waals surface area contributed by atoms with Gasteiger partial charge in [-0.05, 0) is 19.3 Å². The Bertz CT molecular complexity index is 174. The summed E-state index contributed by atoms with van der Waals surface area (Å²) in [7, 11) is 0. The zero-order valence-corrected chi connectivity index (χ0v) is 9.04. The maximum absolute atomic E-state index is 11.6. The number of amides is 1. The summed E-state index contributed by atoms with van der Waals surface area (Å²) in [5.41, 5.74) is 0. The zero-order valence-electron chi connectivity index (χ0n) is 9.04. The molecule has 1 N–H and O–H groups in total. The molecule has 14 heavy (non-hydrogen) atoms. The van der Waals surface area contributed by atoms with E-state index in [1.165, 1.54) is 0 Å². The fraction of sp³-hybridized carbons (Fsp3) is 0.909. The molecule has 1 rings (SSSR count). The summed E-state index contributed by atoms with van der Waals surface area (Å²) in [6.45, 7) is 3.62. The third-order valence-corrected chi connectivity index (χ3v) is 2.81. The fourth-order valence-electron chi connectivity index (χ4n) is 1.80. The van der Waals surface area contributed by atoms with Crippen LogP contribution in [0.2, 0.25) is 0 Å². The summed E-state index contributed by atoms with van der Waals surface area (Å²) in [6, 6.07) is 0. The van der Waals surface area contributed by atoms with Crippen LogP contribution in [0, 0.1) is 0 Å². The Labute approximate surface area is 86.1 Å². The molecule has 1 saturated heterocycles. The topological polar surface area (TPSA) is 40.5 Å². The van der Waals surface area contributed by atoms with E-state index in [-0.39, 0.29) is 12.0 Å². The van der Waals surface area contributed by atoms with Crippen molar-refractivity contribution in [1.82, 2.24) is 4.90 Å². The van der Waals surface area contributed by atoms with Crippen molar-refractivity contribution in [2.75, 3.05) is 13.1 Å². The van der Waals surface area contributed by atoms with Gasteiger partial charge in [-0.1, -0.05) is 19.8 Å². The lowest BCUT2D eigenvalue weighted by molar-refractivity contribution is -0.133. The number of hydrogen-bond donors (Lipinski definition) is 1. The lowest BCUT2D eigenvalue weighted by Gasteiger charge is -2.29. The van der Waals surface area contributed by atoms with Gasteiger partial charge in [-0.15, -0.1) is 0 Å². The number of aliphatic hydroxyl groups excluding tert-OH is 1. The van der Waals surface area contributed by atoms with Crippen LogP contribution in [0.5, 0.6) is 0 Å². The second-order valence-corrected chi connectivity index (χ2v) is 4.07. The highest BCUT2D eigenvalue weighted by Gasteiger charge is 2.20. The van der Waals surface area contributed by atoms with E-state index in [1.54, 1.807) is 0 Å².